The minimum absolute atomic E-state index is 0.00478. The topological polar surface area (TPSA) is 61.4 Å². The first-order valence-electron chi connectivity index (χ1n) is 9.11. The summed E-state index contributed by atoms with van der Waals surface area (Å²) in [6.07, 6.45) is 1.99. The summed E-state index contributed by atoms with van der Waals surface area (Å²) < 4.78 is 0. The molecule has 1 aliphatic rings. The van der Waals surface area contributed by atoms with Crippen LogP contribution < -0.4 is 10.6 Å². The number of nitrogens with one attached hydrogen (secondary N) is 2. The second kappa shape index (κ2) is 9.15. The monoisotopic (exact) mass is 351 g/mol. The fourth-order valence-corrected chi connectivity index (χ4v) is 3.19. The van der Waals surface area contributed by atoms with Crippen LogP contribution in [0.3, 0.4) is 0 Å². The lowest BCUT2D eigenvalue weighted by molar-refractivity contribution is -0.120. The van der Waals surface area contributed by atoms with Crippen molar-refractivity contribution in [1.82, 2.24) is 15.5 Å². The van der Waals surface area contributed by atoms with Gasteiger partial charge in [0.15, 0.2) is 0 Å². The second-order valence-corrected chi connectivity index (χ2v) is 6.55. The van der Waals surface area contributed by atoms with Crippen molar-refractivity contribution in [3.05, 3.63) is 71.3 Å². The summed E-state index contributed by atoms with van der Waals surface area (Å²) in [5.74, 6) is -0.383. The first-order chi connectivity index (χ1) is 12.7. The van der Waals surface area contributed by atoms with Crippen molar-refractivity contribution >= 4 is 11.8 Å². The fourth-order valence-electron chi connectivity index (χ4n) is 3.19. The SMILES string of the molecule is O=C(CNC(=O)c1ccccc1)NCCCN1CCc2ccccc2C1. The zero-order valence-corrected chi connectivity index (χ0v) is 14.9. The van der Waals surface area contributed by atoms with Gasteiger partial charge in [-0.05, 0) is 36.1 Å². The largest absolute Gasteiger partial charge is 0.355 e. The molecule has 3 rings (SSSR count). The van der Waals surface area contributed by atoms with Gasteiger partial charge < -0.3 is 10.6 Å². The number of rotatable bonds is 7. The smallest absolute Gasteiger partial charge is 0.251 e. The number of carbonyl (C=O) groups is 2. The van der Waals surface area contributed by atoms with Gasteiger partial charge in [-0.25, -0.2) is 0 Å². The molecule has 0 fully saturated rings. The van der Waals surface area contributed by atoms with Crippen molar-refractivity contribution in [3.63, 3.8) is 0 Å². The van der Waals surface area contributed by atoms with Crippen LogP contribution in [-0.2, 0) is 17.8 Å². The lowest BCUT2D eigenvalue weighted by Crippen LogP contribution is -2.38. The third-order valence-corrected chi connectivity index (χ3v) is 4.63. The first-order valence-corrected chi connectivity index (χ1v) is 9.11. The molecule has 0 saturated heterocycles. The summed E-state index contributed by atoms with van der Waals surface area (Å²) in [7, 11) is 0. The van der Waals surface area contributed by atoms with Crippen LogP contribution >= 0.6 is 0 Å². The van der Waals surface area contributed by atoms with Crippen LogP contribution in [0.1, 0.15) is 27.9 Å². The van der Waals surface area contributed by atoms with Crippen molar-refractivity contribution in [1.29, 1.82) is 0 Å². The Morgan fingerprint density at radius 1 is 0.923 bits per heavy atom. The van der Waals surface area contributed by atoms with E-state index in [-0.39, 0.29) is 18.4 Å². The molecule has 0 atom stereocenters. The molecule has 0 saturated carbocycles. The van der Waals surface area contributed by atoms with E-state index < -0.39 is 0 Å². The summed E-state index contributed by atoms with van der Waals surface area (Å²) >= 11 is 0. The summed E-state index contributed by atoms with van der Waals surface area (Å²) in [6, 6.07) is 17.5. The second-order valence-electron chi connectivity index (χ2n) is 6.55. The molecule has 5 heteroatoms. The Balaban J connectivity index is 1.30. The Morgan fingerprint density at radius 3 is 2.46 bits per heavy atom. The van der Waals surface area contributed by atoms with E-state index in [2.05, 4.69) is 39.8 Å². The van der Waals surface area contributed by atoms with E-state index in [9.17, 15) is 9.59 Å². The third kappa shape index (κ3) is 5.17. The van der Waals surface area contributed by atoms with Gasteiger partial charge in [0.05, 0.1) is 6.54 Å². The van der Waals surface area contributed by atoms with Crippen LogP contribution in [0.5, 0.6) is 0 Å². The zero-order valence-electron chi connectivity index (χ0n) is 14.9. The lowest BCUT2D eigenvalue weighted by atomic mass is 10.00. The van der Waals surface area contributed by atoms with Crippen LogP contribution in [0, 0.1) is 0 Å². The summed E-state index contributed by atoms with van der Waals surface area (Å²) in [5, 5.41) is 5.51. The van der Waals surface area contributed by atoms with E-state index in [1.165, 1.54) is 11.1 Å². The highest BCUT2D eigenvalue weighted by Gasteiger charge is 2.15. The van der Waals surface area contributed by atoms with E-state index in [0.29, 0.717) is 12.1 Å². The molecule has 0 radical (unpaired) electrons. The Kier molecular flexibility index (Phi) is 6.39. The van der Waals surface area contributed by atoms with Gasteiger partial charge in [-0.1, -0.05) is 42.5 Å². The predicted octanol–water partition coefficient (Wildman–Crippen LogP) is 1.98. The van der Waals surface area contributed by atoms with E-state index in [0.717, 1.165) is 32.5 Å². The maximum Gasteiger partial charge on any atom is 0.251 e. The first kappa shape index (κ1) is 18.1. The molecular formula is C21H25N3O2. The molecule has 136 valence electrons. The maximum absolute atomic E-state index is 11.9. The molecule has 2 aromatic carbocycles. The quantitative estimate of drug-likeness (QED) is 0.750. The number of carbonyl (C=O) groups excluding carboxylic acids is 2. The minimum Gasteiger partial charge on any atom is -0.355 e. The molecule has 26 heavy (non-hydrogen) atoms. The number of fused-ring (bicyclic) bond motifs is 1. The molecule has 2 aromatic rings. The average molecular weight is 351 g/mol. The third-order valence-electron chi connectivity index (χ3n) is 4.63. The van der Waals surface area contributed by atoms with E-state index in [1.807, 2.05) is 6.07 Å². The summed E-state index contributed by atoms with van der Waals surface area (Å²) in [6.45, 7) is 3.64. The Morgan fingerprint density at radius 2 is 1.65 bits per heavy atom. The van der Waals surface area contributed by atoms with Crippen molar-refractivity contribution in [2.75, 3.05) is 26.2 Å². The molecule has 1 aliphatic heterocycles. The van der Waals surface area contributed by atoms with Crippen LogP contribution in [0.2, 0.25) is 0 Å². The summed E-state index contributed by atoms with van der Waals surface area (Å²) in [5.41, 5.74) is 3.42. The van der Waals surface area contributed by atoms with E-state index >= 15 is 0 Å². The Bertz CT molecular complexity index is 746. The van der Waals surface area contributed by atoms with Gasteiger partial charge in [-0.15, -0.1) is 0 Å². The molecule has 2 amide bonds. The molecule has 0 aliphatic carbocycles. The summed E-state index contributed by atoms with van der Waals surface area (Å²) in [4.78, 5) is 26.2. The van der Waals surface area contributed by atoms with Gasteiger partial charge in [0.2, 0.25) is 5.91 Å². The molecule has 5 nitrogen and oxygen atoms in total. The predicted molar refractivity (Wildman–Crippen MR) is 102 cm³/mol. The van der Waals surface area contributed by atoms with Gasteiger partial charge in [0, 0.05) is 31.7 Å². The number of amides is 2. The van der Waals surface area contributed by atoms with Crippen molar-refractivity contribution in [2.45, 2.75) is 19.4 Å². The highest BCUT2D eigenvalue weighted by atomic mass is 16.2. The molecule has 0 unspecified atom stereocenters. The minimum atomic E-state index is -0.229. The Hall–Kier alpha value is -2.66. The molecule has 0 spiro atoms. The zero-order chi connectivity index (χ0) is 18.2. The normalized spacial score (nSPS) is 13.7. The van der Waals surface area contributed by atoms with Gasteiger partial charge >= 0.3 is 0 Å². The van der Waals surface area contributed by atoms with Crippen molar-refractivity contribution in [3.8, 4) is 0 Å². The lowest BCUT2D eigenvalue weighted by Gasteiger charge is -2.28. The number of nitrogens with zero attached hydrogens (tertiary/aromatic N) is 1. The standard InChI is InChI=1S/C21H25N3O2/c25-20(15-23-21(26)18-8-2-1-3-9-18)22-12-6-13-24-14-11-17-7-4-5-10-19(17)16-24/h1-5,7-10H,6,11-16H2,(H,22,25)(H,23,26). The highest BCUT2D eigenvalue weighted by Crippen LogP contribution is 2.18. The van der Waals surface area contributed by atoms with E-state index in [1.54, 1.807) is 24.3 Å². The van der Waals surface area contributed by atoms with Crippen LogP contribution in [0.4, 0.5) is 0 Å². The fraction of sp³-hybridized carbons (Fsp3) is 0.333. The average Bonchev–Trinajstić information content (AvgIpc) is 2.70. The van der Waals surface area contributed by atoms with Gasteiger partial charge in [-0.3, -0.25) is 14.5 Å². The van der Waals surface area contributed by atoms with Crippen molar-refractivity contribution in [2.24, 2.45) is 0 Å². The molecule has 0 bridgehead atoms. The molecular weight excluding hydrogens is 326 g/mol. The van der Waals surface area contributed by atoms with Crippen LogP contribution in [0.25, 0.3) is 0 Å². The maximum atomic E-state index is 11.9. The number of hydrogen-bond acceptors (Lipinski definition) is 3. The van der Waals surface area contributed by atoms with Gasteiger partial charge in [-0.2, -0.15) is 0 Å². The number of benzene rings is 2. The van der Waals surface area contributed by atoms with Crippen LogP contribution in [0.15, 0.2) is 54.6 Å². The van der Waals surface area contributed by atoms with E-state index in [4.69, 9.17) is 0 Å². The highest BCUT2D eigenvalue weighted by molar-refractivity contribution is 5.96. The van der Waals surface area contributed by atoms with Gasteiger partial charge in [0.1, 0.15) is 0 Å². The van der Waals surface area contributed by atoms with Gasteiger partial charge in [0.25, 0.3) is 5.91 Å². The van der Waals surface area contributed by atoms with Crippen molar-refractivity contribution < 1.29 is 9.59 Å². The van der Waals surface area contributed by atoms with Crippen LogP contribution in [-0.4, -0.2) is 42.9 Å². The number of hydrogen-bond donors (Lipinski definition) is 2. The molecule has 1 heterocycles. The molecule has 0 aromatic heterocycles. The molecule has 2 N–H and O–H groups in total. The Labute approximate surface area is 154 Å².